The summed E-state index contributed by atoms with van der Waals surface area (Å²) in [6.45, 7) is 9.31. The lowest BCUT2D eigenvalue weighted by atomic mass is 10.3. The summed E-state index contributed by atoms with van der Waals surface area (Å²) in [6, 6.07) is 0. The number of carbonyl (C=O) groups is 1. The molecule has 0 rings (SSSR count). The summed E-state index contributed by atoms with van der Waals surface area (Å²) in [5.41, 5.74) is 0.722. The summed E-state index contributed by atoms with van der Waals surface area (Å²) < 4.78 is 0. The minimum Gasteiger partial charge on any atom is -0.350 e. The normalized spacial score (nSPS) is 10.7. The molecule has 0 saturated heterocycles. The molecule has 0 aliphatic heterocycles. The van der Waals surface area contributed by atoms with Gasteiger partial charge in [0.1, 0.15) is 0 Å². The van der Waals surface area contributed by atoms with Gasteiger partial charge in [0.05, 0.1) is 12.2 Å². The van der Waals surface area contributed by atoms with Crippen LogP contribution in [-0.2, 0) is 4.79 Å². The molecule has 13 heavy (non-hydrogen) atoms. The van der Waals surface area contributed by atoms with Crippen LogP contribution in [0.25, 0.3) is 0 Å². The van der Waals surface area contributed by atoms with E-state index in [1.807, 2.05) is 6.92 Å². The van der Waals surface area contributed by atoms with Gasteiger partial charge in [0, 0.05) is 7.85 Å². The number of carbonyl (C=O) groups excluding carboxylic acids is 1. The fourth-order valence-corrected chi connectivity index (χ4v) is 0.808. The number of allylic oxidation sites excluding steroid dienone is 2. The van der Waals surface area contributed by atoms with Crippen LogP contribution in [0, 0.1) is 0 Å². The third kappa shape index (κ3) is 5.84. The summed E-state index contributed by atoms with van der Waals surface area (Å²) >= 11 is 0. The zero-order valence-electron chi connectivity index (χ0n) is 8.05. The molecule has 0 spiro atoms. The predicted octanol–water partition coefficient (Wildman–Crippen LogP) is 1.92. The molecule has 0 fully saturated rings. The van der Waals surface area contributed by atoms with Gasteiger partial charge in [-0.3, -0.25) is 9.79 Å². The quantitative estimate of drug-likeness (QED) is 0.495. The summed E-state index contributed by atoms with van der Waals surface area (Å²) in [7, 11) is 0. The first-order valence-electron chi connectivity index (χ1n) is 4.29. The van der Waals surface area contributed by atoms with Crippen molar-refractivity contribution in [2.45, 2.75) is 19.8 Å². The Bertz CT molecular complexity index is 224. The van der Waals surface area contributed by atoms with Gasteiger partial charge < -0.3 is 5.32 Å². The molecule has 3 heteroatoms. The van der Waals surface area contributed by atoms with Gasteiger partial charge in [-0.2, -0.15) is 0 Å². The highest BCUT2D eigenvalue weighted by Gasteiger charge is 1.98. The fourth-order valence-electron chi connectivity index (χ4n) is 0.808. The van der Waals surface area contributed by atoms with E-state index in [0.717, 1.165) is 12.1 Å². The van der Waals surface area contributed by atoms with Crippen molar-refractivity contribution < 1.29 is 6.22 Å². The van der Waals surface area contributed by atoms with Crippen LogP contribution in [0.4, 0.5) is 0 Å². The Morgan fingerprint density at radius 3 is 2.85 bits per heavy atom. The van der Waals surface area contributed by atoms with Crippen LogP contribution in [0.1, 0.15) is 21.2 Å². The van der Waals surface area contributed by atoms with Crippen molar-refractivity contribution >= 4 is 12.6 Å². The maximum atomic E-state index is 11.0. The zero-order valence-corrected chi connectivity index (χ0v) is 8.05. The average molecular weight is 182 g/mol. The molecule has 0 aliphatic rings. The third-order valence-corrected chi connectivity index (χ3v) is 1.46. The minimum absolute atomic E-state index is 0. The third-order valence-electron chi connectivity index (χ3n) is 1.46. The number of hydrogen-bond acceptors (Lipinski definition) is 2. The summed E-state index contributed by atoms with van der Waals surface area (Å²) in [5, 5.41) is 2.73. The van der Waals surface area contributed by atoms with Crippen molar-refractivity contribution in [3.05, 3.63) is 24.4 Å². The molecule has 0 atom stereocenters. The fraction of sp³-hybridized carbons (Fsp3) is 0.400. The SMILES string of the molecule is C=C/C=C(/CNC(=O)CCC)N=C.[HH]. The van der Waals surface area contributed by atoms with Gasteiger partial charge >= 0.3 is 0 Å². The van der Waals surface area contributed by atoms with Crippen molar-refractivity contribution in [2.75, 3.05) is 6.54 Å². The molecule has 0 aliphatic carbocycles. The van der Waals surface area contributed by atoms with E-state index in [1.54, 1.807) is 12.2 Å². The van der Waals surface area contributed by atoms with E-state index >= 15 is 0 Å². The molecule has 0 heterocycles. The van der Waals surface area contributed by atoms with Gasteiger partial charge in [-0.1, -0.05) is 19.6 Å². The number of hydrogen-bond donors (Lipinski definition) is 1. The molecule has 0 aromatic carbocycles. The first kappa shape index (κ1) is 11.6. The van der Waals surface area contributed by atoms with Gasteiger partial charge in [-0.05, 0) is 19.2 Å². The highest BCUT2D eigenvalue weighted by atomic mass is 16.1. The molecule has 0 saturated carbocycles. The Labute approximate surface area is 80.7 Å². The molecule has 3 nitrogen and oxygen atoms in total. The topological polar surface area (TPSA) is 41.5 Å². The molecule has 0 unspecified atom stereocenters. The van der Waals surface area contributed by atoms with Gasteiger partial charge in [0.15, 0.2) is 0 Å². The number of aliphatic imine (C=N–C) groups is 1. The molecule has 0 bridgehead atoms. The molecule has 0 aromatic heterocycles. The predicted molar refractivity (Wildman–Crippen MR) is 57.9 cm³/mol. The zero-order chi connectivity index (χ0) is 10.1. The maximum absolute atomic E-state index is 11.0. The van der Waals surface area contributed by atoms with E-state index in [2.05, 4.69) is 23.6 Å². The Morgan fingerprint density at radius 1 is 1.69 bits per heavy atom. The van der Waals surface area contributed by atoms with Crippen molar-refractivity contribution in [3.8, 4) is 0 Å². The van der Waals surface area contributed by atoms with Gasteiger partial charge in [0.25, 0.3) is 0 Å². The number of nitrogens with one attached hydrogen (secondary N) is 1. The van der Waals surface area contributed by atoms with Crippen LogP contribution < -0.4 is 5.32 Å². The molecule has 1 amide bonds. The van der Waals surface area contributed by atoms with Gasteiger partial charge in [0.2, 0.25) is 5.91 Å². The van der Waals surface area contributed by atoms with Crippen molar-refractivity contribution in [2.24, 2.45) is 4.99 Å². The van der Waals surface area contributed by atoms with Crippen molar-refractivity contribution in [3.63, 3.8) is 0 Å². The molecular weight excluding hydrogens is 164 g/mol. The van der Waals surface area contributed by atoms with Crippen LogP contribution in [0.15, 0.2) is 29.4 Å². The summed E-state index contributed by atoms with van der Waals surface area (Å²) in [4.78, 5) is 14.8. The van der Waals surface area contributed by atoms with Gasteiger partial charge in [-0.15, -0.1) is 0 Å². The first-order valence-corrected chi connectivity index (χ1v) is 4.29. The monoisotopic (exact) mass is 182 g/mol. The lowest BCUT2D eigenvalue weighted by molar-refractivity contribution is -0.120. The standard InChI is InChI=1S/C10H16N2O.H2/c1-4-6-9(11-3)8-12-10(13)7-5-2;/h4,6H,1,3,5,7-8H2,2H3,(H,12,13);1H/b9-6-;. The Kier molecular flexibility index (Phi) is 6.51. The minimum atomic E-state index is 0. The highest BCUT2D eigenvalue weighted by molar-refractivity contribution is 5.76. The molecule has 0 aromatic rings. The highest BCUT2D eigenvalue weighted by Crippen LogP contribution is 1.94. The van der Waals surface area contributed by atoms with Crippen molar-refractivity contribution in [1.29, 1.82) is 0 Å². The summed E-state index contributed by atoms with van der Waals surface area (Å²) in [6.07, 6.45) is 4.75. The molecule has 1 N–H and O–H groups in total. The van der Waals surface area contributed by atoms with E-state index in [0.29, 0.717) is 13.0 Å². The molecular formula is C10H18N2O. The van der Waals surface area contributed by atoms with Crippen LogP contribution in [0.5, 0.6) is 0 Å². The number of rotatable bonds is 6. The van der Waals surface area contributed by atoms with Gasteiger partial charge in [-0.25, -0.2) is 0 Å². The largest absolute Gasteiger partial charge is 0.350 e. The second-order valence-electron chi connectivity index (χ2n) is 2.58. The Balaban J connectivity index is 0. The van der Waals surface area contributed by atoms with E-state index in [4.69, 9.17) is 0 Å². The Hall–Kier alpha value is -1.38. The second-order valence-corrected chi connectivity index (χ2v) is 2.58. The average Bonchev–Trinajstić information content (AvgIpc) is 2.12. The maximum Gasteiger partial charge on any atom is 0.220 e. The van der Waals surface area contributed by atoms with Crippen LogP contribution >= 0.6 is 0 Å². The van der Waals surface area contributed by atoms with E-state index in [1.165, 1.54) is 0 Å². The molecule has 74 valence electrons. The van der Waals surface area contributed by atoms with Crippen molar-refractivity contribution in [1.82, 2.24) is 5.32 Å². The Morgan fingerprint density at radius 2 is 2.38 bits per heavy atom. The molecule has 0 radical (unpaired) electrons. The lowest BCUT2D eigenvalue weighted by Crippen LogP contribution is -2.24. The summed E-state index contributed by atoms with van der Waals surface area (Å²) in [5.74, 6) is 0.0427. The van der Waals surface area contributed by atoms with E-state index < -0.39 is 0 Å². The number of nitrogens with zero attached hydrogens (tertiary/aromatic N) is 1. The van der Waals surface area contributed by atoms with Crippen LogP contribution in [0.2, 0.25) is 0 Å². The lowest BCUT2D eigenvalue weighted by Gasteiger charge is -2.03. The number of amides is 1. The second kappa shape index (κ2) is 7.28. The van der Waals surface area contributed by atoms with E-state index in [9.17, 15) is 4.79 Å². The smallest absolute Gasteiger partial charge is 0.220 e. The van der Waals surface area contributed by atoms with Crippen LogP contribution in [0.3, 0.4) is 0 Å². The van der Waals surface area contributed by atoms with Crippen LogP contribution in [-0.4, -0.2) is 19.2 Å². The first-order chi connectivity index (χ1) is 6.24. The van der Waals surface area contributed by atoms with E-state index in [-0.39, 0.29) is 7.33 Å².